The first-order valence-electron chi connectivity index (χ1n) is 9.14. The van der Waals surface area contributed by atoms with Crippen molar-refractivity contribution in [2.75, 3.05) is 0 Å². The molecular formula is C19H33N. The molecule has 0 bridgehead atoms. The third kappa shape index (κ3) is 3.78. The third-order valence-corrected chi connectivity index (χ3v) is 6.09. The van der Waals surface area contributed by atoms with Gasteiger partial charge in [0.05, 0.1) is 11.5 Å². The molecule has 2 aliphatic rings. The first kappa shape index (κ1) is 15.9. The van der Waals surface area contributed by atoms with Gasteiger partial charge >= 0.3 is 0 Å². The lowest BCUT2D eigenvalue weighted by atomic mass is 9.58. The van der Waals surface area contributed by atoms with Crippen LogP contribution in [0.15, 0.2) is 0 Å². The van der Waals surface area contributed by atoms with E-state index in [0.29, 0.717) is 0 Å². The fourth-order valence-corrected chi connectivity index (χ4v) is 4.88. The van der Waals surface area contributed by atoms with E-state index in [2.05, 4.69) is 19.9 Å². The molecule has 4 atom stereocenters. The van der Waals surface area contributed by atoms with Gasteiger partial charge in [0, 0.05) is 0 Å². The maximum atomic E-state index is 9.72. The molecule has 0 N–H and O–H groups in total. The molecule has 2 saturated carbocycles. The zero-order valence-electron chi connectivity index (χ0n) is 13.7. The van der Waals surface area contributed by atoms with Crippen molar-refractivity contribution in [2.45, 2.75) is 90.9 Å². The molecule has 0 spiro atoms. The Hall–Kier alpha value is -0.510. The van der Waals surface area contributed by atoms with Crippen LogP contribution in [0.3, 0.4) is 0 Å². The number of rotatable bonds is 6. The van der Waals surface area contributed by atoms with Crippen LogP contribution in [0.25, 0.3) is 0 Å². The van der Waals surface area contributed by atoms with Crippen molar-refractivity contribution in [3.05, 3.63) is 0 Å². The minimum atomic E-state index is 0.0495. The average molecular weight is 275 g/mol. The maximum Gasteiger partial charge on any atom is 0.0689 e. The van der Waals surface area contributed by atoms with E-state index < -0.39 is 0 Å². The maximum absolute atomic E-state index is 9.72. The van der Waals surface area contributed by atoms with Crippen LogP contribution < -0.4 is 0 Å². The first-order valence-corrected chi connectivity index (χ1v) is 9.14. The summed E-state index contributed by atoms with van der Waals surface area (Å²) in [6.45, 7) is 4.58. The number of nitrogens with zero attached hydrogens (tertiary/aromatic N) is 1. The minimum Gasteiger partial charge on any atom is -0.198 e. The highest BCUT2D eigenvalue weighted by Gasteiger charge is 2.42. The third-order valence-electron chi connectivity index (χ3n) is 6.09. The van der Waals surface area contributed by atoms with Crippen LogP contribution in [-0.4, -0.2) is 0 Å². The number of hydrogen-bond donors (Lipinski definition) is 0. The lowest BCUT2D eigenvalue weighted by molar-refractivity contribution is 0.0620. The molecular weight excluding hydrogens is 242 g/mol. The summed E-state index contributed by atoms with van der Waals surface area (Å²) < 4.78 is 0. The van der Waals surface area contributed by atoms with Crippen molar-refractivity contribution in [3.8, 4) is 6.07 Å². The summed E-state index contributed by atoms with van der Waals surface area (Å²) in [6, 6.07) is 2.75. The van der Waals surface area contributed by atoms with Crippen molar-refractivity contribution in [1.82, 2.24) is 0 Å². The normalized spacial score (nSPS) is 37.1. The summed E-state index contributed by atoms with van der Waals surface area (Å²) in [5.41, 5.74) is 0.0495. The molecule has 114 valence electrons. The second-order valence-electron chi connectivity index (χ2n) is 7.58. The summed E-state index contributed by atoms with van der Waals surface area (Å²) in [6.07, 6.45) is 15.8. The van der Waals surface area contributed by atoms with Crippen molar-refractivity contribution >= 4 is 0 Å². The molecule has 2 rings (SSSR count). The lowest BCUT2D eigenvalue weighted by Gasteiger charge is -2.45. The number of nitriles is 1. The lowest BCUT2D eigenvalue weighted by Crippen LogP contribution is -2.36. The first-order chi connectivity index (χ1) is 9.73. The molecule has 0 radical (unpaired) electrons. The van der Waals surface area contributed by atoms with Gasteiger partial charge in [-0.15, -0.1) is 0 Å². The molecule has 0 amide bonds. The van der Waals surface area contributed by atoms with Crippen LogP contribution in [0, 0.1) is 34.5 Å². The van der Waals surface area contributed by atoms with Crippen LogP contribution in [0.5, 0.6) is 0 Å². The van der Waals surface area contributed by atoms with Gasteiger partial charge in [-0.3, -0.25) is 0 Å². The van der Waals surface area contributed by atoms with E-state index in [1.54, 1.807) is 0 Å². The molecule has 0 aromatic carbocycles. The van der Waals surface area contributed by atoms with Gasteiger partial charge in [0.1, 0.15) is 0 Å². The summed E-state index contributed by atoms with van der Waals surface area (Å²) >= 11 is 0. The van der Waals surface area contributed by atoms with E-state index in [-0.39, 0.29) is 5.41 Å². The predicted molar refractivity (Wildman–Crippen MR) is 85.3 cm³/mol. The second-order valence-corrected chi connectivity index (χ2v) is 7.58. The van der Waals surface area contributed by atoms with E-state index in [1.807, 2.05) is 0 Å². The van der Waals surface area contributed by atoms with Crippen molar-refractivity contribution < 1.29 is 0 Å². The summed E-state index contributed by atoms with van der Waals surface area (Å²) in [7, 11) is 0. The number of unbranched alkanes of at least 4 members (excludes halogenated alkanes) is 2. The monoisotopic (exact) mass is 275 g/mol. The van der Waals surface area contributed by atoms with E-state index in [4.69, 9.17) is 0 Å². The second kappa shape index (κ2) is 7.48. The van der Waals surface area contributed by atoms with Crippen molar-refractivity contribution in [2.24, 2.45) is 23.2 Å². The molecule has 0 aliphatic heterocycles. The van der Waals surface area contributed by atoms with E-state index in [9.17, 15) is 5.26 Å². The highest BCUT2D eigenvalue weighted by Crippen LogP contribution is 2.51. The molecule has 2 fully saturated rings. The molecule has 20 heavy (non-hydrogen) atoms. The Bertz CT molecular complexity index is 329. The molecule has 1 heteroatoms. The number of fused-ring (bicyclic) bond motifs is 1. The standard InChI is InChI=1S/C19H33N/c1-3-5-6-11-19(15-20)12-10-17-13-16(7-4-2)8-9-18(17)14-19/h16-18H,3-14H2,1-2H3/t16-,17+,18?,19-/m0/s1. The van der Waals surface area contributed by atoms with Gasteiger partial charge in [0.25, 0.3) is 0 Å². The SMILES string of the molecule is CCCCC[C@]1(C#N)CC[C@@H]2C[C@@H](CCC)CCC2C1. The fraction of sp³-hybridized carbons (Fsp3) is 0.947. The van der Waals surface area contributed by atoms with E-state index in [0.717, 1.165) is 17.8 Å². The summed E-state index contributed by atoms with van der Waals surface area (Å²) in [5, 5.41) is 9.72. The Morgan fingerprint density at radius 1 is 1.05 bits per heavy atom. The summed E-state index contributed by atoms with van der Waals surface area (Å²) in [5.74, 6) is 2.82. The van der Waals surface area contributed by atoms with Crippen LogP contribution in [-0.2, 0) is 0 Å². The highest BCUT2D eigenvalue weighted by molar-refractivity contribution is 5.04. The van der Waals surface area contributed by atoms with Gasteiger partial charge in [0.2, 0.25) is 0 Å². The van der Waals surface area contributed by atoms with Crippen molar-refractivity contribution in [3.63, 3.8) is 0 Å². The Balaban J connectivity index is 1.89. The molecule has 0 saturated heterocycles. The van der Waals surface area contributed by atoms with Gasteiger partial charge in [0.15, 0.2) is 0 Å². The molecule has 0 heterocycles. The molecule has 0 aromatic rings. The molecule has 0 aromatic heterocycles. The van der Waals surface area contributed by atoms with Crippen LogP contribution in [0.1, 0.15) is 90.9 Å². The van der Waals surface area contributed by atoms with Crippen molar-refractivity contribution in [1.29, 1.82) is 5.26 Å². The predicted octanol–water partition coefficient (Wildman–Crippen LogP) is 6.09. The van der Waals surface area contributed by atoms with Gasteiger partial charge in [-0.05, 0) is 56.3 Å². The summed E-state index contributed by atoms with van der Waals surface area (Å²) in [4.78, 5) is 0. The topological polar surface area (TPSA) is 23.8 Å². The number of hydrogen-bond acceptors (Lipinski definition) is 1. The largest absolute Gasteiger partial charge is 0.198 e. The molecule has 2 aliphatic carbocycles. The molecule has 1 unspecified atom stereocenters. The zero-order chi connectivity index (χ0) is 14.4. The Morgan fingerprint density at radius 2 is 1.90 bits per heavy atom. The van der Waals surface area contributed by atoms with Crippen LogP contribution >= 0.6 is 0 Å². The zero-order valence-corrected chi connectivity index (χ0v) is 13.7. The Labute approximate surface area is 126 Å². The minimum absolute atomic E-state index is 0.0495. The highest BCUT2D eigenvalue weighted by atomic mass is 14.5. The Kier molecular flexibility index (Phi) is 5.94. The average Bonchev–Trinajstić information content (AvgIpc) is 2.48. The van der Waals surface area contributed by atoms with Gasteiger partial charge in [-0.2, -0.15) is 5.26 Å². The van der Waals surface area contributed by atoms with Gasteiger partial charge in [-0.1, -0.05) is 52.4 Å². The van der Waals surface area contributed by atoms with E-state index in [1.165, 1.54) is 77.0 Å². The Morgan fingerprint density at radius 3 is 2.60 bits per heavy atom. The van der Waals surface area contributed by atoms with Crippen LogP contribution in [0.4, 0.5) is 0 Å². The smallest absolute Gasteiger partial charge is 0.0689 e. The van der Waals surface area contributed by atoms with Gasteiger partial charge < -0.3 is 0 Å². The van der Waals surface area contributed by atoms with Crippen LogP contribution in [0.2, 0.25) is 0 Å². The van der Waals surface area contributed by atoms with E-state index >= 15 is 0 Å². The molecule has 1 nitrogen and oxygen atoms in total. The fourth-order valence-electron chi connectivity index (χ4n) is 4.88. The van der Waals surface area contributed by atoms with Gasteiger partial charge in [-0.25, -0.2) is 0 Å². The quantitative estimate of drug-likeness (QED) is 0.538.